The zero-order valence-corrected chi connectivity index (χ0v) is 19.0. The summed E-state index contributed by atoms with van der Waals surface area (Å²) in [5.74, 6) is -3.24. The van der Waals surface area contributed by atoms with Gasteiger partial charge in [0.1, 0.15) is 0 Å². The summed E-state index contributed by atoms with van der Waals surface area (Å²) in [5.41, 5.74) is 11.0. The number of hydroxylamine groups is 1. The monoisotopic (exact) mass is 432 g/mol. The maximum atomic E-state index is 13.2. The molecular weight excluding hydrogens is 396 g/mol. The molecule has 31 heavy (non-hydrogen) atoms. The van der Waals surface area contributed by atoms with Gasteiger partial charge in [-0.15, -0.1) is 0 Å². The van der Waals surface area contributed by atoms with Crippen LogP contribution in [0.3, 0.4) is 0 Å². The molecule has 0 spiro atoms. The average Bonchev–Trinajstić information content (AvgIpc) is 2.71. The van der Waals surface area contributed by atoms with Crippen LogP contribution in [0.25, 0.3) is 6.08 Å². The van der Waals surface area contributed by atoms with Gasteiger partial charge < -0.3 is 5.73 Å². The van der Waals surface area contributed by atoms with Crippen molar-refractivity contribution in [2.75, 3.05) is 6.54 Å². The third kappa shape index (κ3) is 8.51. The fourth-order valence-electron chi connectivity index (χ4n) is 3.37. The first-order valence-corrected chi connectivity index (χ1v) is 10.6. The Morgan fingerprint density at radius 1 is 1.06 bits per heavy atom. The van der Waals surface area contributed by atoms with Crippen LogP contribution in [-0.4, -0.2) is 40.5 Å². The number of amides is 3. The Balaban J connectivity index is 3.09. The summed E-state index contributed by atoms with van der Waals surface area (Å²) in [5, 5.41) is 10.5. The average molecular weight is 433 g/mol. The van der Waals surface area contributed by atoms with Gasteiger partial charge in [0.05, 0.1) is 17.9 Å². The van der Waals surface area contributed by atoms with Crippen molar-refractivity contribution < 1.29 is 19.6 Å². The molecule has 3 amide bonds. The number of benzene rings is 1. The molecule has 0 bridgehead atoms. The van der Waals surface area contributed by atoms with Crippen LogP contribution in [0.1, 0.15) is 46.6 Å². The van der Waals surface area contributed by atoms with E-state index in [9.17, 15) is 19.6 Å². The van der Waals surface area contributed by atoms with E-state index in [1.807, 2.05) is 64.1 Å². The number of rotatable bonds is 10. The molecule has 0 saturated carbocycles. The molecule has 8 nitrogen and oxygen atoms in total. The molecule has 1 rings (SSSR count). The van der Waals surface area contributed by atoms with Crippen LogP contribution >= 0.6 is 0 Å². The molecule has 3 atom stereocenters. The van der Waals surface area contributed by atoms with Gasteiger partial charge in [0, 0.05) is 6.54 Å². The van der Waals surface area contributed by atoms with Crippen LogP contribution in [0, 0.1) is 23.7 Å². The molecule has 0 saturated heterocycles. The van der Waals surface area contributed by atoms with Crippen LogP contribution in [0.2, 0.25) is 0 Å². The second kappa shape index (κ2) is 12.9. The van der Waals surface area contributed by atoms with Crippen molar-refractivity contribution in [3.05, 3.63) is 42.0 Å². The van der Waals surface area contributed by atoms with Crippen molar-refractivity contribution in [2.24, 2.45) is 29.4 Å². The molecule has 0 aromatic heterocycles. The van der Waals surface area contributed by atoms with E-state index in [1.165, 1.54) is 5.01 Å². The van der Waals surface area contributed by atoms with E-state index in [0.717, 1.165) is 5.56 Å². The molecule has 0 aliphatic rings. The number of nitrogens with zero attached hydrogens (tertiary/aromatic N) is 1. The Hall–Kier alpha value is -2.71. The van der Waals surface area contributed by atoms with Gasteiger partial charge in [-0.2, -0.15) is 0 Å². The lowest BCUT2D eigenvalue weighted by atomic mass is 9.80. The molecule has 0 aliphatic heterocycles. The fourth-order valence-corrected chi connectivity index (χ4v) is 3.37. The van der Waals surface area contributed by atoms with E-state index in [1.54, 1.807) is 18.5 Å². The first kappa shape index (κ1) is 26.3. The van der Waals surface area contributed by atoms with E-state index >= 15 is 0 Å². The second-order valence-electron chi connectivity index (χ2n) is 8.51. The lowest BCUT2D eigenvalue weighted by Gasteiger charge is -2.32. The van der Waals surface area contributed by atoms with Gasteiger partial charge in [-0.1, -0.05) is 70.2 Å². The third-order valence-electron chi connectivity index (χ3n) is 4.85. The number of hydrazine groups is 1. The van der Waals surface area contributed by atoms with Gasteiger partial charge in [-0.25, -0.2) is 5.48 Å². The standard InChI is InChI=1S/C23H36N4O4/c1-15(2)14-27(23(30)17(5)24)25-22(29)20(16(3)4)19(21(28)26-31)13-9-12-18-10-7-6-8-11-18/h6-12,15-17,19-20,31H,13-14,24H2,1-5H3,(H,25,29)(H,26,28)/b12-9+/t17-,19+,20-/m1/s1. The van der Waals surface area contributed by atoms with Gasteiger partial charge in [0.15, 0.2) is 0 Å². The van der Waals surface area contributed by atoms with Crippen molar-refractivity contribution in [3.63, 3.8) is 0 Å². The number of carbonyl (C=O) groups excluding carboxylic acids is 3. The highest BCUT2D eigenvalue weighted by molar-refractivity contribution is 5.89. The summed E-state index contributed by atoms with van der Waals surface area (Å²) in [6.45, 7) is 9.33. The minimum Gasteiger partial charge on any atom is -0.320 e. The fraction of sp³-hybridized carbons (Fsp3) is 0.522. The summed E-state index contributed by atoms with van der Waals surface area (Å²) in [6.07, 6.45) is 3.90. The number of hydrogen-bond donors (Lipinski definition) is 4. The summed E-state index contributed by atoms with van der Waals surface area (Å²) >= 11 is 0. The van der Waals surface area contributed by atoms with Crippen molar-refractivity contribution in [1.82, 2.24) is 15.9 Å². The van der Waals surface area contributed by atoms with E-state index in [-0.39, 0.29) is 18.3 Å². The Morgan fingerprint density at radius 2 is 1.68 bits per heavy atom. The van der Waals surface area contributed by atoms with Gasteiger partial charge in [0.25, 0.3) is 5.91 Å². The summed E-state index contributed by atoms with van der Waals surface area (Å²) < 4.78 is 0. The number of hydrogen-bond acceptors (Lipinski definition) is 5. The minimum atomic E-state index is -0.823. The second-order valence-corrected chi connectivity index (χ2v) is 8.51. The zero-order chi connectivity index (χ0) is 23.6. The van der Waals surface area contributed by atoms with Crippen molar-refractivity contribution in [2.45, 2.75) is 47.1 Å². The number of carbonyl (C=O) groups is 3. The van der Waals surface area contributed by atoms with E-state index in [4.69, 9.17) is 5.73 Å². The Labute approximate surface area is 184 Å². The first-order chi connectivity index (χ1) is 14.6. The lowest BCUT2D eigenvalue weighted by molar-refractivity contribution is -0.149. The zero-order valence-electron chi connectivity index (χ0n) is 19.0. The number of allylic oxidation sites excluding steroid dienone is 1. The summed E-state index contributed by atoms with van der Waals surface area (Å²) in [6, 6.07) is 8.79. The molecule has 0 radical (unpaired) electrons. The predicted octanol–water partition coefficient (Wildman–Crippen LogP) is 2.35. The lowest BCUT2D eigenvalue weighted by Crippen LogP contribution is -2.56. The van der Waals surface area contributed by atoms with E-state index < -0.39 is 35.6 Å². The molecule has 0 heterocycles. The maximum absolute atomic E-state index is 13.2. The SMILES string of the molecule is CC(C)CN(NC(=O)[C@H](C(C)C)[C@H](C/C=C/c1ccccc1)C(=O)NO)C(=O)[C@@H](C)N. The van der Waals surface area contributed by atoms with Gasteiger partial charge in [-0.3, -0.25) is 30.0 Å². The van der Waals surface area contributed by atoms with Crippen LogP contribution in [-0.2, 0) is 14.4 Å². The van der Waals surface area contributed by atoms with Gasteiger partial charge in [-0.05, 0) is 30.7 Å². The predicted molar refractivity (Wildman–Crippen MR) is 120 cm³/mol. The summed E-state index contributed by atoms with van der Waals surface area (Å²) in [7, 11) is 0. The first-order valence-electron chi connectivity index (χ1n) is 10.6. The third-order valence-corrected chi connectivity index (χ3v) is 4.85. The minimum absolute atomic E-state index is 0.103. The van der Waals surface area contributed by atoms with Crippen molar-refractivity contribution in [3.8, 4) is 0 Å². The van der Waals surface area contributed by atoms with Crippen molar-refractivity contribution in [1.29, 1.82) is 0 Å². The van der Waals surface area contributed by atoms with Crippen LogP contribution < -0.4 is 16.6 Å². The summed E-state index contributed by atoms with van der Waals surface area (Å²) in [4.78, 5) is 38.1. The topological polar surface area (TPSA) is 125 Å². The smallest absolute Gasteiger partial charge is 0.257 e. The molecule has 1 aromatic carbocycles. The van der Waals surface area contributed by atoms with E-state index in [0.29, 0.717) is 6.54 Å². The van der Waals surface area contributed by atoms with Gasteiger partial charge in [0.2, 0.25) is 11.8 Å². The molecule has 1 aromatic rings. The molecule has 0 aliphatic carbocycles. The maximum Gasteiger partial charge on any atom is 0.257 e. The van der Waals surface area contributed by atoms with Crippen LogP contribution in [0.5, 0.6) is 0 Å². The number of nitrogens with two attached hydrogens (primary N) is 1. The molecule has 8 heteroatoms. The van der Waals surface area contributed by atoms with E-state index in [2.05, 4.69) is 5.43 Å². The molecule has 172 valence electrons. The largest absolute Gasteiger partial charge is 0.320 e. The highest BCUT2D eigenvalue weighted by Gasteiger charge is 2.36. The normalized spacial score (nSPS) is 14.4. The molecular formula is C23H36N4O4. The highest BCUT2D eigenvalue weighted by Crippen LogP contribution is 2.26. The molecule has 0 unspecified atom stereocenters. The Kier molecular flexibility index (Phi) is 10.9. The Morgan fingerprint density at radius 3 is 2.16 bits per heavy atom. The van der Waals surface area contributed by atoms with Crippen LogP contribution in [0.15, 0.2) is 36.4 Å². The van der Waals surface area contributed by atoms with Crippen molar-refractivity contribution >= 4 is 23.8 Å². The molecule has 5 N–H and O–H groups in total. The quantitative estimate of drug-likeness (QED) is 0.334. The molecule has 0 fully saturated rings. The van der Waals surface area contributed by atoms with Crippen LogP contribution in [0.4, 0.5) is 0 Å². The Bertz CT molecular complexity index is 747. The highest BCUT2D eigenvalue weighted by atomic mass is 16.5. The van der Waals surface area contributed by atoms with Gasteiger partial charge >= 0.3 is 0 Å². The number of nitrogens with one attached hydrogen (secondary N) is 2.